The molecule has 4 nitrogen and oxygen atoms in total. The first-order valence-corrected chi connectivity index (χ1v) is 7.07. The topological polar surface area (TPSA) is 65.1 Å². The van der Waals surface area contributed by atoms with Gasteiger partial charge in [-0.15, -0.1) is 0 Å². The van der Waals surface area contributed by atoms with Crippen molar-refractivity contribution in [1.82, 2.24) is 10.3 Å². The Balaban J connectivity index is 2.21. The van der Waals surface area contributed by atoms with Crippen LogP contribution in [-0.2, 0) is 23.2 Å². The average molecular weight is 272 g/mol. The van der Waals surface area contributed by atoms with Crippen LogP contribution in [0, 0.1) is 0 Å². The Morgan fingerprint density at radius 2 is 2.20 bits per heavy atom. The summed E-state index contributed by atoms with van der Waals surface area (Å²) in [5.74, 6) is -0.787. The maximum absolute atomic E-state index is 11.4. The number of hydrogen-bond donors (Lipinski definition) is 3. The largest absolute Gasteiger partial charge is 0.480 e. The monoisotopic (exact) mass is 272 g/mol. The number of fused-ring (bicyclic) bond motifs is 3. The molecular weight excluding hydrogens is 252 g/mol. The van der Waals surface area contributed by atoms with E-state index >= 15 is 0 Å². The highest BCUT2D eigenvalue weighted by molar-refractivity contribution is 5.87. The lowest BCUT2D eigenvalue weighted by Gasteiger charge is -2.35. The SMILES string of the molecule is CCc1ccc2[nH]c3c(c2c1)CC(C(=O)O)NC3(C)C. The smallest absolute Gasteiger partial charge is 0.321 e. The summed E-state index contributed by atoms with van der Waals surface area (Å²) in [6.45, 7) is 6.18. The number of aromatic amines is 1. The molecule has 106 valence electrons. The Bertz CT molecular complexity index is 685. The fourth-order valence-corrected chi connectivity index (χ4v) is 3.17. The van der Waals surface area contributed by atoms with Gasteiger partial charge in [0.15, 0.2) is 0 Å². The average Bonchev–Trinajstić information content (AvgIpc) is 2.77. The molecule has 0 spiro atoms. The van der Waals surface area contributed by atoms with Crippen LogP contribution in [0.5, 0.6) is 0 Å². The first-order valence-electron chi connectivity index (χ1n) is 7.07. The third-order valence-corrected chi connectivity index (χ3v) is 4.25. The van der Waals surface area contributed by atoms with E-state index in [0.29, 0.717) is 6.42 Å². The fraction of sp³-hybridized carbons (Fsp3) is 0.438. The molecule has 1 aliphatic heterocycles. The van der Waals surface area contributed by atoms with Gasteiger partial charge in [0.2, 0.25) is 0 Å². The van der Waals surface area contributed by atoms with Crippen molar-refractivity contribution in [2.24, 2.45) is 0 Å². The van der Waals surface area contributed by atoms with Gasteiger partial charge in [-0.3, -0.25) is 10.1 Å². The lowest BCUT2D eigenvalue weighted by atomic mass is 9.86. The van der Waals surface area contributed by atoms with Gasteiger partial charge in [-0.05, 0) is 43.5 Å². The van der Waals surface area contributed by atoms with E-state index in [1.54, 1.807) is 0 Å². The normalized spacial score (nSPS) is 20.9. The molecule has 0 fully saturated rings. The second kappa shape index (κ2) is 4.35. The molecule has 1 aliphatic rings. The number of nitrogens with one attached hydrogen (secondary N) is 2. The lowest BCUT2D eigenvalue weighted by molar-refractivity contribution is -0.140. The number of hydrogen-bond acceptors (Lipinski definition) is 2. The van der Waals surface area contributed by atoms with Crippen molar-refractivity contribution in [2.75, 3.05) is 0 Å². The standard InChI is InChI=1S/C16H20N2O2/c1-4-9-5-6-12-10(7-9)11-8-13(15(19)20)18-16(2,3)14(11)17-12/h5-7,13,17-18H,4,8H2,1-3H3,(H,19,20). The molecule has 1 aromatic heterocycles. The van der Waals surface area contributed by atoms with Crippen molar-refractivity contribution in [2.45, 2.75) is 45.2 Å². The number of rotatable bonds is 2. The molecule has 2 heterocycles. The molecule has 1 unspecified atom stereocenters. The van der Waals surface area contributed by atoms with E-state index in [1.165, 1.54) is 10.9 Å². The molecule has 0 saturated carbocycles. The number of aryl methyl sites for hydroxylation is 1. The Morgan fingerprint density at radius 3 is 2.85 bits per heavy atom. The van der Waals surface area contributed by atoms with Crippen LogP contribution in [0.3, 0.4) is 0 Å². The fourth-order valence-electron chi connectivity index (χ4n) is 3.17. The molecule has 0 saturated heterocycles. The minimum Gasteiger partial charge on any atom is -0.480 e. The summed E-state index contributed by atoms with van der Waals surface area (Å²) in [5, 5.41) is 13.7. The molecule has 4 heteroatoms. The maximum atomic E-state index is 11.4. The van der Waals surface area contributed by atoms with Crippen molar-refractivity contribution >= 4 is 16.9 Å². The maximum Gasteiger partial charge on any atom is 0.321 e. The molecular formula is C16H20N2O2. The quantitative estimate of drug-likeness (QED) is 0.787. The van der Waals surface area contributed by atoms with Crippen LogP contribution in [0.2, 0.25) is 0 Å². The molecule has 2 aromatic rings. The Hall–Kier alpha value is -1.81. The van der Waals surface area contributed by atoms with Gasteiger partial charge < -0.3 is 10.1 Å². The number of aliphatic carboxylic acids is 1. The van der Waals surface area contributed by atoms with Gasteiger partial charge in [-0.2, -0.15) is 0 Å². The number of H-pyrrole nitrogens is 1. The first-order chi connectivity index (χ1) is 9.42. The predicted octanol–water partition coefficient (Wildman–Crippen LogP) is 2.56. The van der Waals surface area contributed by atoms with Crippen molar-refractivity contribution in [3.8, 4) is 0 Å². The van der Waals surface area contributed by atoms with Gasteiger partial charge in [-0.25, -0.2) is 0 Å². The van der Waals surface area contributed by atoms with E-state index in [1.807, 2.05) is 13.8 Å². The lowest BCUT2D eigenvalue weighted by Crippen LogP contribution is -2.52. The summed E-state index contributed by atoms with van der Waals surface area (Å²) in [5.41, 5.74) is 4.27. The highest BCUT2D eigenvalue weighted by Crippen LogP contribution is 2.35. The molecule has 3 rings (SSSR count). The zero-order valence-corrected chi connectivity index (χ0v) is 12.1. The molecule has 3 N–H and O–H groups in total. The predicted molar refractivity (Wildman–Crippen MR) is 79.0 cm³/mol. The van der Waals surface area contributed by atoms with Gasteiger partial charge in [-0.1, -0.05) is 13.0 Å². The number of benzene rings is 1. The Morgan fingerprint density at radius 1 is 1.45 bits per heavy atom. The van der Waals surface area contributed by atoms with Gasteiger partial charge >= 0.3 is 5.97 Å². The summed E-state index contributed by atoms with van der Waals surface area (Å²) < 4.78 is 0. The second-order valence-electron chi connectivity index (χ2n) is 6.08. The first kappa shape index (κ1) is 13.2. The van der Waals surface area contributed by atoms with Crippen molar-refractivity contribution < 1.29 is 9.90 Å². The van der Waals surface area contributed by atoms with Crippen molar-refractivity contribution in [3.05, 3.63) is 35.0 Å². The van der Waals surface area contributed by atoms with E-state index in [0.717, 1.165) is 23.2 Å². The third-order valence-electron chi connectivity index (χ3n) is 4.25. The van der Waals surface area contributed by atoms with E-state index in [2.05, 4.69) is 35.4 Å². The summed E-state index contributed by atoms with van der Waals surface area (Å²) in [4.78, 5) is 14.8. The van der Waals surface area contributed by atoms with Gasteiger partial charge in [0, 0.05) is 23.0 Å². The summed E-state index contributed by atoms with van der Waals surface area (Å²) >= 11 is 0. The summed E-state index contributed by atoms with van der Waals surface area (Å²) in [6, 6.07) is 5.88. The van der Waals surface area contributed by atoms with Crippen molar-refractivity contribution in [1.29, 1.82) is 0 Å². The molecule has 0 radical (unpaired) electrons. The van der Waals surface area contributed by atoms with Crippen LogP contribution in [0.4, 0.5) is 0 Å². The van der Waals surface area contributed by atoms with Gasteiger partial charge in [0.05, 0.1) is 5.54 Å². The van der Waals surface area contributed by atoms with Crippen LogP contribution >= 0.6 is 0 Å². The highest BCUT2D eigenvalue weighted by Gasteiger charge is 2.37. The minimum absolute atomic E-state index is 0.359. The van der Waals surface area contributed by atoms with Crippen LogP contribution in [-0.4, -0.2) is 22.1 Å². The van der Waals surface area contributed by atoms with Crippen LogP contribution < -0.4 is 5.32 Å². The number of carboxylic acids is 1. The number of aromatic nitrogens is 1. The van der Waals surface area contributed by atoms with Crippen LogP contribution in [0.1, 0.15) is 37.6 Å². The van der Waals surface area contributed by atoms with E-state index in [4.69, 9.17) is 0 Å². The Kier molecular flexibility index (Phi) is 2.87. The molecule has 1 atom stereocenters. The number of carbonyl (C=O) groups is 1. The minimum atomic E-state index is -0.787. The molecule has 0 bridgehead atoms. The van der Waals surface area contributed by atoms with Crippen LogP contribution in [0.15, 0.2) is 18.2 Å². The number of carboxylic acid groups (broad SMARTS) is 1. The van der Waals surface area contributed by atoms with Crippen molar-refractivity contribution in [3.63, 3.8) is 0 Å². The second-order valence-corrected chi connectivity index (χ2v) is 6.08. The zero-order chi connectivity index (χ0) is 14.5. The van der Waals surface area contributed by atoms with E-state index < -0.39 is 12.0 Å². The third kappa shape index (κ3) is 1.91. The Labute approximate surface area is 118 Å². The summed E-state index contributed by atoms with van der Waals surface area (Å²) in [7, 11) is 0. The molecule has 0 amide bonds. The zero-order valence-electron chi connectivity index (χ0n) is 12.1. The molecule has 1 aromatic carbocycles. The van der Waals surface area contributed by atoms with E-state index in [-0.39, 0.29) is 5.54 Å². The summed E-state index contributed by atoms with van der Waals surface area (Å²) in [6.07, 6.45) is 1.52. The van der Waals surface area contributed by atoms with E-state index in [9.17, 15) is 9.90 Å². The molecule has 0 aliphatic carbocycles. The highest BCUT2D eigenvalue weighted by atomic mass is 16.4. The molecule has 20 heavy (non-hydrogen) atoms. The van der Waals surface area contributed by atoms with Gasteiger partial charge in [0.1, 0.15) is 6.04 Å². The van der Waals surface area contributed by atoms with Gasteiger partial charge in [0.25, 0.3) is 0 Å². The van der Waals surface area contributed by atoms with Crippen LogP contribution in [0.25, 0.3) is 10.9 Å².